The summed E-state index contributed by atoms with van der Waals surface area (Å²) in [6, 6.07) is 0. The van der Waals surface area contributed by atoms with E-state index in [9.17, 15) is 0 Å². The lowest BCUT2D eigenvalue weighted by atomic mass is 10.3. The molecule has 0 fully saturated rings. The summed E-state index contributed by atoms with van der Waals surface area (Å²) < 4.78 is 5.93. The van der Waals surface area contributed by atoms with Crippen molar-refractivity contribution in [1.82, 2.24) is 0 Å². The maximum atomic E-state index is 5.93. The van der Waals surface area contributed by atoms with Crippen LogP contribution < -0.4 is 0 Å². The van der Waals surface area contributed by atoms with Crippen LogP contribution in [0.5, 0.6) is 0 Å². The van der Waals surface area contributed by atoms with Gasteiger partial charge in [-0.3, -0.25) is 0 Å². The van der Waals surface area contributed by atoms with Crippen LogP contribution in [-0.2, 0) is 4.43 Å². The highest BCUT2D eigenvalue weighted by atomic mass is 28.4. The van der Waals surface area contributed by atoms with Gasteiger partial charge in [-0.25, -0.2) is 0 Å². The number of hydrogen-bond donors (Lipinski definition) is 0. The molecule has 2 heteroatoms. The molecule has 0 unspecified atom stereocenters. The van der Waals surface area contributed by atoms with Crippen LogP contribution in [-0.4, -0.2) is 14.9 Å². The van der Waals surface area contributed by atoms with Crippen LogP contribution in [0.1, 0.15) is 40.0 Å². The summed E-state index contributed by atoms with van der Waals surface area (Å²) in [5, 5.41) is 0. The molecule has 0 amide bonds. The predicted octanol–water partition coefficient (Wildman–Crippen LogP) is 3.81. The molecule has 0 aromatic carbocycles. The SMILES string of the molecule is CCCCCO[Si](C)(C)C(C)C. The van der Waals surface area contributed by atoms with Crippen molar-refractivity contribution in [3.8, 4) is 0 Å². The molecule has 0 N–H and O–H groups in total. The normalized spacial score (nSPS) is 12.5. The van der Waals surface area contributed by atoms with Crippen LogP contribution in [0.15, 0.2) is 0 Å². The summed E-state index contributed by atoms with van der Waals surface area (Å²) in [6.07, 6.45) is 3.83. The molecule has 0 bridgehead atoms. The smallest absolute Gasteiger partial charge is 0.189 e. The summed E-state index contributed by atoms with van der Waals surface area (Å²) in [5.41, 5.74) is 0.735. The first-order valence-electron chi connectivity index (χ1n) is 5.14. The zero-order valence-corrected chi connectivity index (χ0v) is 10.3. The van der Waals surface area contributed by atoms with E-state index in [1.807, 2.05) is 0 Å². The highest BCUT2D eigenvalue weighted by Crippen LogP contribution is 2.21. The Morgan fingerprint density at radius 3 is 2.17 bits per heavy atom. The summed E-state index contributed by atoms with van der Waals surface area (Å²) in [5.74, 6) is 0. The Labute approximate surface area is 78.6 Å². The molecule has 0 aromatic rings. The van der Waals surface area contributed by atoms with Gasteiger partial charge in [0.2, 0.25) is 0 Å². The third kappa shape index (κ3) is 4.94. The Bertz CT molecular complexity index is 110. The van der Waals surface area contributed by atoms with Crippen LogP contribution >= 0.6 is 0 Å². The first kappa shape index (κ1) is 12.2. The molecule has 0 aromatic heterocycles. The second-order valence-electron chi connectivity index (χ2n) is 4.31. The van der Waals surface area contributed by atoms with Crippen molar-refractivity contribution in [3.05, 3.63) is 0 Å². The van der Waals surface area contributed by atoms with Crippen molar-refractivity contribution >= 4 is 8.32 Å². The van der Waals surface area contributed by atoms with Gasteiger partial charge in [-0.15, -0.1) is 0 Å². The summed E-state index contributed by atoms with van der Waals surface area (Å²) >= 11 is 0. The Morgan fingerprint density at radius 2 is 1.75 bits per heavy atom. The average molecular weight is 188 g/mol. The lowest BCUT2D eigenvalue weighted by Crippen LogP contribution is -2.34. The van der Waals surface area contributed by atoms with Crippen molar-refractivity contribution in [2.45, 2.75) is 58.7 Å². The largest absolute Gasteiger partial charge is 0.417 e. The van der Waals surface area contributed by atoms with Crippen LogP contribution in [0.3, 0.4) is 0 Å². The Balaban J connectivity index is 3.47. The van der Waals surface area contributed by atoms with E-state index in [-0.39, 0.29) is 0 Å². The van der Waals surface area contributed by atoms with Crippen LogP contribution in [0.2, 0.25) is 18.6 Å². The van der Waals surface area contributed by atoms with Crippen LogP contribution in [0.4, 0.5) is 0 Å². The summed E-state index contributed by atoms with van der Waals surface area (Å²) in [7, 11) is -1.33. The predicted molar refractivity (Wildman–Crippen MR) is 58.1 cm³/mol. The molecule has 1 nitrogen and oxygen atoms in total. The van der Waals surface area contributed by atoms with Gasteiger partial charge in [0, 0.05) is 6.61 Å². The fourth-order valence-electron chi connectivity index (χ4n) is 0.854. The number of rotatable bonds is 6. The molecule has 0 saturated heterocycles. The molecule has 0 aliphatic rings. The lowest BCUT2D eigenvalue weighted by molar-refractivity contribution is 0.290. The minimum atomic E-state index is -1.33. The van der Waals surface area contributed by atoms with Crippen LogP contribution in [0.25, 0.3) is 0 Å². The zero-order valence-electron chi connectivity index (χ0n) is 9.31. The van der Waals surface area contributed by atoms with Crippen molar-refractivity contribution < 1.29 is 4.43 Å². The van der Waals surface area contributed by atoms with E-state index in [4.69, 9.17) is 4.43 Å². The van der Waals surface area contributed by atoms with Crippen LogP contribution in [0, 0.1) is 0 Å². The lowest BCUT2D eigenvalue weighted by Gasteiger charge is -2.26. The van der Waals surface area contributed by atoms with E-state index < -0.39 is 8.32 Å². The minimum Gasteiger partial charge on any atom is -0.417 e. The highest BCUT2D eigenvalue weighted by Gasteiger charge is 2.26. The van der Waals surface area contributed by atoms with Gasteiger partial charge in [-0.2, -0.15) is 0 Å². The molecular weight excluding hydrogens is 164 g/mol. The fraction of sp³-hybridized carbons (Fsp3) is 1.00. The van der Waals surface area contributed by atoms with Gasteiger partial charge in [-0.1, -0.05) is 33.6 Å². The van der Waals surface area contributed by atoms with Gasteiger partial charge in [0.15, 0.2) is 8.32 Å². The van der Waals surface area contributed by atoms with Gasteiger partial charge in [0.25, 0.3) is 0 Å². The van der Waals surface area contributed by atoms with Crippen molar-refractivity contribution in [2.75, 3.05) is 6.61 Å². The maximum absolute atomic E-state index is 5.93. The maximum Gasteiger partial charge on any atom is 0.189 e. The van der Waals surface area contributed by atoms with Crippen molar-refractivity contribution in [1.29, 1.82) is 0 Å². The molecule has 0 aliphatic carbocycles. The fourth-order valence-corrected chi connectivity index (χ4v) is 1.86. The third-order valence-corrected chi connectivity index (χ3v) is 6.34. The van der Waals surface area contributed by atoms with Gasteiger partial charge in [0.05, 0.1) is 0 Å². The first-order chi connectivity index (χ1) is 5.50. The molecule has 0 rings (SSSR count). The zero-order chi connectivity index (χ0) is 9.61. The average Bonchev–Trinajstić information content (AvgIpc) is 1.98. The van der Waals surface area contributed by atoms with Crippen molar-refractivity contribution in [2.24, 2.45) is 0 Å². The molecule has 74 valence electrons. The van der Waals surface area contributed by atoms with Gasteiger partial charge in [0.1, 0.15) is 0 Å². The van der Waals surface area contributed by atoms with E-state index >= 15 is 0 Å². The Hall–Kier alpha value is 0.177. The van der Waals surface area contributed by atoms with Gasteiger partial charge < -0.3 is 4.43 Å². The minimum absolute atomic E-state index is 0.735. The van der Waals surface area contributed by atoms with E-state index in [2.05, 4.69) is 33.9 Å². The summed E-state index contributed by atoms with van der Waals surface area (Å²) in [6.45, 7) is 12.4. The molecular formula is C10H24OSi. The van der Waals surface area contributed by atoms with Gasteiger partial charge in [-0.05, 0) is 25.1 Å². The number of hydrogen-bond acceptors (Lipinski definition) is 1. The topological polar surface area (TPSA) is 9.23 Å². The molecule has 0 aliphatic heterocycles. The first-order valence-corrected chi connectivity index (χ1v) is 8.13. The van der Waals surface area contributed by atoms with E-state index in [1.165, 1.54) is 19.3 Å². The third-order valence-electron chi connectivity index (χ3n) is 2.61. The molecule has 0 heterocycles. The second-order valence-corrected chi connectivity index (χ2v) is 8.96. The summed E-state index contributed by atoms with van der Waals surface area (Å²) in [4.78, 5) is 0. The van der Waals surface area contributed by atoms with E-state index in [0.29, 0.717) is 0 Å². The molecule has 12 heavy (non-hydrogen) atoms. The Kier molecular flexibility index (Phi) is 5.84. The molecule has 0 atom stereocenters. The van der Waals surface area contributed by atoms with Crippen molar-refractivity contribution in [3.63, 3.8) is 0 Å². The second kappa shape index (κ2) is 5.76. The highest BCUT2D eigenvalue weighted by molar-refractivity contribution is 6.72. The monoisotopic (exact) mass is 188 g/mol. The van der Waals surface area contributed by atoms with Gasteiger partial charge >= 0.3 is 0 Å². The standard InChI is InChI=1S/C10H24OSi/c1-6-7-8-9-11-12(4,5)10(2)3/h10H,6-9H2,1-5H3. The van der Waals surface area contributed by atoms with E-state index in [0.717, 1.165) is 12.1 Å². The Morgan fingerprint density at radius 1 is 1.17 bits per heavy atom. The number of unbranched alkanes of at least 4 members (excludes halogenated alkanes) is 2. The quantitative estimate of drug-likeness (QED) is 0.455. The molecule has 0 radical (unpaired) electrons. The molecule has 0 saturated carbocycles. The molecule has 0 spiro atoms. The van der Waals surface area contributed by atoms with E-state index in [1.54, 1.807) is 0 Å².